The van der Waals surface area contributed by atoms with Crippen LogP contribution in [0, 0.1) is 0 Å². The molecule has 0 fully saturated rings. The van der Waals surface area contributed by atoms with Crippen molar-refractivity contribution < 1.29 is 4.79 Å². The van der Waals surface area contributed by atoms with Crippen LogP contribution in [0.5, 0.6) is 0 Å². The molecule has 5 rings (SSSR count). The van der Waals surface area contributed by atoms with E-state index in [-0.39, 0.29) is 17.2 Å². The molecule has 3 aromatic rings. The van der Waals surface area contributed by atoms with Gasteiger partial charge in [0.2, 0.25) is 5.91 Å². The number of fused-ring (bicyclic) bond motifs is 2. The topological polar surface area (TPSA) is 51.0 Å². The average molecular weight is 461 g/mol. The average Bonchev–Trinajstić information content (AvgIpc) is 3.22. The smallest absolute Gasteiger partial charge is 0.238 e. The Morgan fingerprint density at radius 1 is 1.03 bits per heavy atom. The summed E-state index contributed by atoms with van der Waals surface area (Å²) in [4.78, 5) is 16.6. The van der Waals surface area contributed by atoms with E-state index in [1.165, 1.54) is 17.3 Å². The van der Waals surface area contributed by atoms with Crippen molar-refractivity contribution in [2.75, 3.05) is 10.7 Å². The first-order valence-corrected chi connectivity index (χ1v) is 12.6. The lowest BCUT2D eigenvalue weighted by molar-refractivity contribution is -0.116. The molecule has 0 saturated heterocycles. The second-order valence-electron chi connectivity index (χ2n) is 7.67. The van der Waals surface area contributed by atoms with Gasteiger partial charge < -0.3 is 9.47 Å². The van der Waals surface area contributed by atoms with Gasteiger partial charge in [-0.1, -0.05) is 78.5 Å². The lowest BCUT2D eigenvalue weighted by Crippen LogP contribution is -2.48. The van der Waals surface area contributed by atoms with Gasteiger partial charge in [0.25, 0.3) is 0 Å². The lowest BCUT2D eigenvalue weighted by atomic mass is 10.0. The van der Waals surface area contributed by atoms with E-state index in [9.17, 15) is 4.79 Å². The molecule has 2 aromatic carbocycles. The van der Waals surface area contributed by atoms with Crippen LogP contribution in [0.1, 0.15) is 18.3 Å². The summed E-state index contributed by atoms with van der Waals surface area (Å²) in [5.74, 6) is 1.34. The Hall–Kier alpha value is -2.77. The van der Waals surface area contributed by atoms with Crippen molar-refractivity contribution in [2.45, 2.75) is 41.2 Å². The number of anilines is 1. The number of allylic oxidation sites excluding steroid dienone is 2. The summed E-state index contributed by atoms with van der Waals surface area (Å²) in [6.45, 7) is 2.86. The van der Waals surface area contributed by atoms with Crippen molar-refractivity contribution in [2.24, 2.45) is 0 Å². The van der Waals surface area contributed by atoms with Gasteiger partial charge in [0.05, 0.1) is 22.7 Å². The van der Waals surface area contributed by atoms with E-state index >= 15 is 0 Å². The monoisotopic (exact) mass is 460 g/mol. The fourth-order valence-electron chi connectivity index (χ4n) is 4.13. The number of hydrogen-bond donors (Lipinski definition) is 0. The maximum Gasteiger partial charge on any atom is 0.238 e. The van der Waals surface area contributed by atoms with Gasteiger partial charge in [0.15, 0.2) is 5.16 Å². The first-order valence-electron chi connectivity index (χ1n) is 10.8. The zero-order valence-electron chi connectivity index (χ0n) is 17.8. The Morgan fingerprint density at radius 3 is 2.66 bits per heavy atom. The van der Waals surface area contributed by atoms with Crippen molar-refractivity contribution in [1.29, 1.82) is 0 Å². The van der Waals surface area contributed by atoms with Crippen LogP contribution in [0.15, 0.2) is 89.0 Å². The fourth-order valence-corrected chi connectivity index (χ4v) is 6.27. The molecule has 32 heavy (non-hydrogen) atoms. The summed E-state index contributed by atoms with van der Waals surface area (Å²) in [6.07, 6.45) is 9.14. The number of amides is 1. The van der Waals surface area contributed by atoms with E-state index in [2.05, 4.69) is 58.1 Å². The van der Waals surface area contributed by atoms with Crippen LogP contribution < -0.4 is 4.90 Å². The molecule has 2 aliphatic rings. The highest BCUT2D eigenvalue weighted by atomic mass is 32.2. The zero-order chi connectivity index (χ0) is 21.9. The number of aromatic nitrogens is 3. The van der Waals surface area contributed by atoms with Gasteiger partial charge in [-0.05, 0) is 24.6 Å². The third-order valence-electron chi connectivity index (χ3n) is 5.65. The van der Waals surface area contributed by atoms with Crippen LogP contribution in [-0.2, 0) is 17.8 Å². The minimum absolute atomic E-state index is 0.0330. The minimum atomic E-state index is 0.0330. The Balaban J connectivity index is 1.34. The number of thioether (sulfide) groups is 2. The second-order valence-corrected chi connectivity index (χ2v) is 9.83. The molecule has 0 unspecified atom stereocenters. The van der Waals surface area contributed by atoms with Gasteiger partial charge in [-0.25, -0.2) is 0 Å². The molecule has 0 saturated carbocycles. The quantitative estimate of drug-likeness (QED) is 0.486. The summed E-state index contributed by atoms with van der Waals surface area (Å²) >= 11 is 3.29. The standard InChI is InChI=1S/C25H24N4OS2/c1-2-28-23(16-18-10-4-3-5-11-18)26-27-25(28)31-17-24(30)29-19-12-6-8-14-21(19)32-22-15-9-7-13-20(22)29/h3-15,19,21H,2,16-17H2,1H3/t19-,21-/m0/s1. The number of carbonyl (C=O) groups is 1. The first kappa shape index (κ1) is 21.1. The summed E-state index contributed by atoms with van der Waals surface area (Å²) in [7, 11) is 0. The number of hydrogen-bond acceptors (Lipinski definition) is 5. The van der Waals surface area contributed by atoms with E-state index in [0.29, 0.717) is 5.75 Å². The van der Waals surface area contributed by atoms with Gasteiger partial charge in [0.1, 0.15) is 5.82 Å². The molecule has 0 radical (unpaired) electrons. The predicted octanol–water partition coefficient (Wildman–Crippen LogP) is 4.98. The Morgan fingerprint density at radius 2 is 1.81 bits per heavy atom. The molecule has 5 nitrogen and oxygen atoms in total. The van der Waals surface area contributed by atoms with Gasteiger partial charge in [-0.15, -0.1) is 22.0 Å². The Labute approximate surface area is 196 Å². The molecule has 7 heteroatoms. The number of para-hydroxylation sites is 1. The maximum absolute atomic E-state index is 13.5. The van der Waals surface area contributed by atoms with E-state index in [1.54, 1.807) is 0 Å². The van der Waals surface area contributed by atoms with E-state index in [1.807, 2.05) is 59.1 Å². The van der Waals surface area contributed by atoms with E-state index in [0.717, 1.165) is 34.5 Å². The van der Waals surface area contributed by atoms with Crippen molar-refractivity contribution in [3.8, 4) is 0 Å². The molecule has 1 amide bonds. The lowest BCUT2D eigenvalue weighted by Gasteiger charge is -2.40. The highest BCUT2D eigenvalue weighted by Gasteiger charge is 2.36. The van der Waals surface area contributed by atoms with Crippen LogP contribution in [0.4, 0.5) is 5.69 Å². The Bertz CT molecular complexity index is 1170. The van der Waals surface area contributed by atoms with Crippen LogP contribution in [0.2, 0.25) is 0 Å². The van der Waals surface area contributed by atoms with E-state index < -0.39 is 0 Å². The SMILES string of the molecule is CCn1c(Cc2ccccc2)nnc1SCC(=O)N1c2ccccc2S[C@H]2C=CC=C[C@@H]21. The summed E-state index contributed by atoms with van der Waals surface area (Å²) in [5, 5.41) is 9.85. The van der Waals surface area contributed by atoms with Gasteiger partial charge >= 0.3 is 0 Å². The van der Waals surface area contributed by atoms with Crippen LogP contribution in [0.25, 0.3) is 0 Å². The molecule has 1 aliphatic heterocycles. The van der Waals surface area contributed by atoms with Crippen molar-refractivity contribution in [3.05, 3.63) is 90.3 Å². The fraction of sp³-hybridized carbons (Fsp3) is 0.240. The third-order valence-corrected chi connectivity index (χ3v) is 7.91. The molecular weight excluding hydrogens is 436 g/mol. The summed E-state index contributed by atoms with van der Waals surface area (Å²) in [6, 6.07) is 18.5. The molecule has 2 heterocycles. The molecular formula is C25H24N4OS2. The largest absolute Gasteiger partial charge is 0.306 e. The summed E-state index contributed by atoms with van der Waals surface area (Å²) in [5.41, 5.74) is 2.19. The second kappa shape index (κ2) is 9.38. The van der Waals surface area contributed by atoms with Gasteiger partial charge in [0, 0.05) is 17.9 Å². The highest BCUT2D eigenvalue weighted by Crippen LogP contribution is 2.43. The van der Waals surface area contributed by atoms with Gasteiger partial charge in [-0.3, -0.25) is 4.79 Å². The maximum atomic E-state index is 13.5. The van der Waals surface area contributed by atoms with Crippen molar-refractivity contribution in [3.63, 3.8) is 0 Å². The molecule has 2 atom stereocenters. The number of nitrogens with zero attached hydrogens (tertiary/aromatic N) is 4. The number of rotatable bonds is 6. The van der Waals surface area contributed by atoms with Crippen molar-refractivity contribution in [1.82, 2.24) is 14.8 Å². The normalized spacial score (nSPS) is 19.0. The third kappa shape index (κ3) is 4.14. The Kier molecular flexibility index (Phi) is 6.19. The van der Waals surface area contributed by atoms with Crippen LogP contribution in [-0.4, -0.2) is 37.7 Å². The molecule has 162 valence electrons. The molecule has 1 aromatic heterocycles. The molecule has 1 aliphatic carbocycles. The highest BCUT2D eigenvalue weighted by molar-refractivity contribution is 8.00. The van der Waals surface area contributed by atoms with Crippen molar-refractivity contribution >= 4 is 35.1 Å². The molecule has 0 N–H and O–H groups in total. The number of carbonyl (C=O) groups excluding carboxylic acids is 1. The van der Waals surface area contributed by atoms with Crippen LogP contribution >= 0.6 is 23.5 Å². The van der Waals surface area contributed by atoms with Crippen LogP contribution in [0.3, 0.4) is 0 Å². The minimum Gasteiger partial charge on any atom is -0.306 e. The molecule has 0 spiro atoms. The number of benzene rings is 2. The first-order chi connectivity index (χ1) is 15.7. The predicted molar refractivity (Wildman–Crippen MR) is 131 cm³/mol. The molecule has 0 bridgehead atoms. The van der Waals surface area contributed by atoms with E-state index in [4.69, 9.17) is 0 Å². The zero-order valence-corrected chi connectivity index (χ0v) is 19.4. The summed E-state index contributed by atoms with van der Waals surface area (Å²) < 4.78 is 2.11. The van der Waals surface area contributed by atoms with Gasteiger partial charge in [-0.2, -0.15) is 0 Å².